The number of rotatable bonds is 5. The number of halogens is 1. The minimum atomic E-state index is 0.809. The molecule has 1 aromatic carbocycles. The Morgan fingerprint density at radius 3 is 2.79 bits per heavy atom. The van der Waals surface area contributed by atoms with Crippen LogP contribution >= 0.6 is 15.9 Å². The lowest BCUT2D eigenvalue weighted by Gasteiger charge is -2.07. The van der Waals surface area contributed by atoms with Crippen molar-refractivity contribution >= 4 is 15.9 Å². The molecule has 0 atom stereocenters. The van der Waals surface area contributed by atoms with Crippen molar-refractivity contribution in [3.8, 4) is 5.75 Å². The molecule has 0 heterocycles. The zero-order chi connectivity index (χ0) is 10.4. The van der Waals surface area contributed by atoms with Gasteiger partial charge in [-0.05, 0) is 40.7 Å². The second kappa shape index (κ2) is 6.01. The van der Waals surface area contributed by atoms with Crippen LogP contribution in [0, 0.1) is 0 Å². The third-order valence-corrected chi connectivity index (χ3v) is 2.47. The van der Waals surface area contributed by atoms with Crippen LogP contribution in [-0.4, -0.2) is 20.8 Å². The van der Waals surface area contributed by atoms with Crippen LogP contribution in [-0.2, 0) is 6.54 Å². The summed E-state index contributed by atoms with van der Waals surface area (Å²) in [6.07, 6.45) is 0. The zero-order valence-corrected chi connectivity index (χ0v) is 10.0. The Balaban J connectivity index is 2.57. The molecule has 0 aliphatic heterocycles. The predicted octanol–water partition coefficient (Wildman–Crippen LogP) is 1.72. The summed E-state index contributed by atoms with van der Waals surface area (Å²) in [6.45, 7) is 1.66. The number of methoxy groups -OCH3 is 1. The lowest BCUT2D eigenvalue weighted by Crippen LogP contribution is -2.25. The van der Waals surface area contributed by atoms with Crippen molar-refractivity contribution in [1.82, 2.24) is 10.6 Å². The number of nitrogens with one attached hydrogen (secondary N) is 2. The van der Waals surface area contributed by atoms with E-state index in [4.69, 9.17) is 4.74 Å². The van der Waals surface area contributed by atoms with Gasteiger partial charge in [0.05, 0.1) is 11.6 Å². The number of hydrogen-bond donors (Lipinski definition) is 2. The minimum Gasteiger partial charge on any atom is -0.496 e. The quantitative estimate of drug-likeness (QED) is 0.624. The summed E-state index contributed by atoms with van der Waals surface area (Å²) in [4.78, 5) is 0. The molecule has 0 saturated carbocycles. The maximum atomic E-state index is 5.15. The van der Waals surface area contributed by atoms with Gasteiger partial charge in [0.1, 0.15) is 5.75 Å². The molecule has 0 bridgehead atoms. The molecule has 0 radical (unpaired) electrons. The maximum Gasteiger partial charge on any atom is 0.133 e. The van der Waals surface area contributed by atoms with Crippen molar-refractivity contribution in [3.05, 3.63) is 28.2 Å². The Hall–Kier alpha value is -0.580. The van der Waals surface area contributed by atoms with Gasteiger partial charge in [-0.15, -0.1) is 0 Å². The summed E-state index contributed by atoms with van der Waals surface area (Å²) in [7, 11) is 3.58. The van der Waals surface area contributed by atoms with Crippen LogP contribution in [0.3, 0.4) is 0 Å². The van der Waals surface area contributed by atoms with E-state index in [1.165, 1.54) is 5.56 Å². The molecule has 2 N–H and O–H groups in total. The van der Waals surface area contributed by atoms with Crippen LogP contribution in [0.15, 0.2) is 22.7 Å². The second-order valence-corrected chi connectivity index (χ2v) is 3.78. The summed E-state index contributed by atoms with van der Waals surface area (Å²) < 4.78 is 6.14. The van der Waals surface area contributed by atoms with Crippen molar-refractivity contribution in [2.24, 2.45) is 0 Å². The van der Waals surface area contributed by atoms with Crippen LogP contribution in [0.2, 0.25) is 0 Å². The van der Waals surface area contributed by atoms with Crippen molar-refractivity contribution < 1.29 is 4.74 Å². The van der Waals surface area contributed by atoms with Gasteiger partial charge in [-0.2, -0.15) is 0 Å². The molecule has 78 valence electrons. The maximum absolute atomic E-state index is 5.15. The first-order valence-corrected chi connectivity index (χ1v) is 5.25. The molecule has 0 fully saturated rings. The molecule has 0 saturated heterocycles. The number of hydrogen-bond acceptors (Lipinski definition) is 3. The molecule has 0 unspecified atom stereocenters. The lowest BCUT2D eigenvalue weighted by molar-refractivity contribution is 0.412. The average molecular weight is 259 g/mol. The number of benzene rings is 1. The molecule has 0 aliphatic carbocycles. The van der Waals surface area contributed by atoms with Crippen molar-refractivity contribution in [2.75, 3.05) is 20.8 Å². The van der Waals surface area contributed by atoms with Gasteiger partial charge in [0, 0.05) is 13.2 Å². The fourth-order valence-corrected chi connectivity index (χ4v) is 1.74. The monoisotopic (exact) mass is 258 g/mol. The molecule has 0 aliphatic rings. The van der Waals surface area contributed by atoms with E-state index >= 15 is 0 Å². The van der Waals surface area contributed by atoms with Crippen LogP contribution in [0.4, 0.5) is 0 Å². The van der Waals surface area contributed by atoms with E-state index < -0.39 is 0 Å². The van der Waals surface area contributed by atoms with Crippen LogP contribution in [0.25, 0.3) is 0 Å². The summed E-state index contributed by atoms with van der Waals surface area (Å²) >= 11 is 3.45. The van der Waals surface area contributed by atoms with Gasteiger partial charge < -0.3 is 15.4 Å². The van der Waals surface area contributed by atoms with E-state index in [0.717, 1.165) is 23.4 Å². The fraction of sp³-hybridized carbons (Fsp3) is 0.400. The zero-order valence-electron chi connectivity index (χ0n) is 8.43. The van der Waals surface area contributed by atoms with Crippen molar-refractivity contribution in [1.29, 1.82) is 0 Å². The molecule has 0 spiro atoms. The van der Waals surface area contributed by atoms with Gasteiger partial charge >= 0.3 is 0 Å². The number of ether oxygens (including phenoxy) is 1. The van der Waals surface area contributed by atoms with E-state index in [9.17, 15) is 0 Å². The lowest BCUT2D eigenvalue weighted by atomic mass is 10.2. The first kappa shape index (κ1) is 11.5. The van der Waals surface area contributed by atoms with E-state index in [0.29, 0.717) is 0 Å². The van der Waals surface area contributed by atoms with Crippen LogP contribution in [0.5, 0.6) is 5.75 Å². The summed E-state index contributed by atoms with van der Waals surface area (Å²) in [6, 6.07) is 6.06. The Kier molecular flexibility index (Phi) is 4.93. The Bertz CT molecular complexity index is 291. The van der Waals surface area contributed by atoms with E-state index in [1.54, 1.807) is 7.11 Å². The minimum absolute atomic E-state index is 0.809. The molecule has 1 rings (SSSR count). The van der Waals surface area contributed by atoms with E-state index in [-0.39, 0.29) is 0 Å². The Morgan fingerprint density at radius 2 is 2.21 bits per heavy atom. The first-order valence-electron chi connectivity index (χ1n) is 4.45. The Labute approximate surface area is 93.0 Å². The highest BCUT2D eigenvalue weighted by Gasteiger charge is 2.00. The highest BCUT2D eigenvalue weighted by atomic mass is 79.9. The molecular weight excluding hydrogens is 244 g/mol. The van der Waals surface area contributed by atoms with Crippen molar-refractivity contribution in [2.45, 2.75) is 6.54 Å². The van der Waals surface area contributed by atoms with E-state index in [2.05, 4.69) is 32.6 Å². The summed E-state index contributed by atoms with van der Waals surface area (Å²) in [5.41, 5.74) is 1.23. The topological polar surface area (TPSA) is 33.3 Å². The second-order valence-electron chi connectivity index (χ2n) is 2.93. The molecule has 14 heavy (non-hydrogen) atoms. The molecule has 3 nitrogen and oxygen atoms in total. The van der Waals surface area contributed by atoms with Gasteiger partial charge in [-0.3, -0.25) is 0 Å². The smallest absolute Gasteiger partial charge is 0.133 e. The summed E-state index contributed by atoms with van der Waals surface area (Å²) in [5, 5.41) is 6.27. The van der Waals surface area contributed by atoms with Crippen molar-refractivity contribution in [3.63, 3.8) is 0 Å². The molecule has 0 amide bonds. The first-order chi connectivity index (χ1) is 6.77. The SMILES string of the molecule is CNCNCc1ccc(OC)c(Br)c1. The summed E-state index contributed by atoms with van der Waals surface area (Å²) in [5.74, 6) is 0.863. The molecule has 0 aromatic heterocycles. The van der Waals surface area contributed by atoms with Crippen LogP contribution < -0.4 is 15.4 Å². The average Bonchev–Trinajstić information content (AvgIpc) is 2.18. The largest absolute Gasteiger partial charge is 0.496 e. The third kappa shape index (κ3) is 3.29. The van der Waals surface area contributed by atoms with E-state index in [1.807, 2.05) is 19.2 Å². The fourth-order valence-electron chi connectivity index (χ4n) is 1.15. The standard InChI is InChI=1S/C10H15BrN2O/c1-12-7-13-6-8-3-4-10(14-2)9(11)5-8/h3-5,12-13H,6-7H2,1-2H3. The predicted molar refractivity (Wildman–Crippen MR) is 61.5 cm³/mol. The molecule has 1 aromatic rings. The third-order valence-electron chi connectivity index (χ3n) is 1.85. The normalized spacial score (nSPS) is 10.2. The highest BCUT2D eigenvalue weighted by Crippen LogP contribution is 2.25. The van der Waals surface area contributed by atoms with Gasteiger partial charge in [0.25, 0.3) is 0 Å². The highest BCUT2D eigenvalue weighted by molar-refractivity contribution is 9.10. The van der Waals surface area contributed by atoms with Crippen LogP contribution in [0.1, 0.15) is 5.56 Å². The van der Waals surface area contributed by atoms with Gasteiger partial charge in [0.15, 0.2) is 0 Å². The van der Waals surface area contributed by atoms with Gasteiger partial charge in [-0.1, -0.05) is 6.07 Å². The molecular formula is C10H15BrN2O. The van der Waals surface area contributed by atoms with Gasteiger partial charge in [0.2, 0.25) is 0 Å². The van der Waals surface area contributed by atoms with Gasteiger partial charge in [-0.25, -0.2) is 0 Å². The Morgan fingerprint density at radius 1 is 1.43 bits per heavy atom. The molecule has 4 heteroatoms.